The maximum Gasteiger partial charge on any atom is 0.240 e. The van der Waals surface area contributed by atoms with Crippen LogP contribution in [0.3, 0.4) is 0 Å². The number of fused-ring (bicyclic) bond motifs is 1. The van der Waals surface area contributed by atoms with Crippen molar-refractivity contribution in [1.82, 2.24) is 14.9 Å². The van der Waals surface area contributed by atoms with Crippen molar-refractivity contribution in [2.75, 3.05) is 20.3 Å². The standard InChI is InChI=1S/C20H23N3O2S/c1-15-3-5-16(6-4-15)14-26-20-17-8-11-23(18(17)7-9-22-20)13-19(24)21-10-12-25-2/h3-9,11H,10,12-14H2,1-2H3,(H,21,24). The number of hydrogen-bond donors (Lipinski definition) is 1. The van der Waals surface area contributed by atoms with Gasteiger partial charge in [0.1, 0.15) is 11.6 Å². The predicted molar refractivity (Wildman–Crippen MR) is 105 cm³/mol. The summed E-state index contributed by atoms with van der Waals surface area (Å²) in [7, 11) is 1.62. The number of nitrogens with one attached hydrogen (secondary N) is 1. The Morgan fingerprint density at radius 1 is 1.23 bits per heavy atom. The monoisotopic (exact) mass is 369 g/mol. The molecule has 26 heavy (non-hydrogen) atoms. The molecule has 2 aromatic heterocycles. The second-order valence-electron chi connectivity index (χ2n) is 6.11. The van der Waals surface area contributed by atoms with Crippen molar-refractivity contribution < 1.29 is 9.53 Å². The highest BCUT2D eigenvalue weighted by Crippen LogP contribution is 2.29. The molecule has 0 aliphatic rings. The first-order valence-electron chi connectivity index (χ1n) is 8.55. The Morgan fingerprint density at radius 2 is 2.04 bits per heavy atom. The first-order chi connectivity index (χ1) is 12.7. The second kappa shape index (κ2) is 8.87. The normalized spacial score (nSPS) is 11.0. The highest BCUT2D eigenvalue weighted by atomic mass is 32.2. The van der Waals surface area contributed by atoms with Gasteiger partial charge >= 0.3 is 0 Å². The van der Waals surface area contributed by atoms with Crippen LogP contribution in [-0.4, -0.2) is 35.7 Å². The molecule has 0 fully saturated rings. The van der Waals surface area contributed by atoms with Crippen molar-refractivity contribution in [3.05, 3.63) is 59.9 Å². The van der Waals surface area contributed by atoms with Crippen LogP contribution >= 0.6 is 11.8 Å². The first-order valence-corrected chi connectivity index (χ1v) is 9.54. The van der Waals surface area contributed by atoms with E-state index in [0.717, 1.165) is 21.7 Å². The first kappa shape index (κ1) is 18.5. The van der Waals surface area contributed by atoms with Gasteiger partial charge in [0.05, 0.1) is 12.1 Å². The van der Waals surface area contributed by atoms with Gasteiger partial charge in [-0.2, -0.15) is 0 Å². The zero-order valence-corrected chi connectivity index (χ0v) is 15.9. The Kier molecular flexibility index (Phi) is 6.30. The summed E-state index contributed by atoms with van der Waals surface area (Å²) in [6.07, 6.45) is 3.75. The maximum absolute atomic E-state index is 12.0. The molecule has 1 amide bonds. The van der Waals surface area contributed by atoms with E-state index < -0.39 is 0 Å². The number of methoxy groups -OCH3 is 1. The summed E-state index contributed by atoms with van der Waals surface area (Å²) in [5.74, 6) is 0.847. The Morgan fingerprint density at radius 3 is 2.81 bits per heavy atom. The average molecular weight is 369 g/mol. The van der Waals surface area contributed by atoms with Gasteiger partial charge in [0, 0.05) is 37.2 Å². The molecule has 2 heterocycles. The summed E-state index contributed by atoms with van der Waals surface area (Å²) < 4.78 is 6.90. The lowest BCUT2D eigenvalue weighted by molar-refractivity contribution is -0.121. The highest BCUT2D eigenvalue weighted by Gasteiger charge is 2.10. The third-order valence-electron chi connectivity index (χ3n) is 4.10. The van der Waals surface area contributed by atoms with E-state index in [4.69, 9.17) is 4.74 Å². The zero-order chi connectivity index (χ0) is 18.4. The Hall–Kier alpha value is -2.31. The molecule has 0 radical (unpaired) electrons. The minimum absolute atomic E-state index is 0.0229. The molecule has 0 saturated carbocycles. The number of carbonyl (C=O) groups excluding carboxylic acids is 1. The van der Waals surface area contributed by atoms with Crippen LogP contribution in [0.5, 0.6) is 0 Å². The van der Waals surface area contributed by atoms with Crippen molar-refractivity contribution in [1.29, 1.82) is 0 Å². The number of amides is 1. The van der Waals surface area contributed by atoms with Gasteiger partial charge in [-0.05, 0) is 24.6 Å². The minimum atomic E-state index is -0.0229. The van der Waals surface area contributed by atoms with Gasteiger partial charge in [0.15, 0.2) is 0 Å². The fourth-order valence-corrected chi connectivity index (χ4v) is 3.65. The quantitative estimate of drug-likeness (QED) is 0.488. The smallest absolute Gasteiger partial charge is 0.240 e. The Labute approximate surface area is 157 Å². The van der Waals surface area contributed by atoms with Gasteiger partial charge in [0.2, 0.25) is 5.91 Å². The number of rotatable bonds is 8. The van der Waals surface area contributed by atoms with Gasteiger partial charge in [-0.1, -0.05) is 29.8 Å². The molecular formula is C20H23N3O2S. The molecule has 0 bridgehead atoms. The average Bonchev–Trinajstić information content (AvgIpc) is 3.05. The fourth-order valence-electron chi connectivity index (χ4n) is 2.69. The Bertz CT molecular complexity index is 874. The van der Waals surface area contributed by atoms with E-state index in [1.54, 1.807) is 25.1 Å². The van der Waals surface area contributed by atoms with Gasteiger partial charge in [-0.3, -0.25) is 4.79 Å². The molecule has 5 nitrogen and oxygen atoms in total. The molecule has 136 valence electrons. The van der Waals surface area contributed by atoms with E-state index in [1.807, 2.05) is 22.9 Å². The molecule has 1 N–H and O–H groups in total. The second-order valence-corrected chi connectivity index (χ2v) is 7.07. The molecule has 0 aliphatic carbocycles. The lowest BCUT2D eigenvalue weighted by atomic mass is 10.2. The van der Waals surface area contributed by atoms with Crippen LogP contribution in [0.4, 0.5) is 0 Å². The number of aryl methyl sites for hydroxylation is 1. The summed E-state index contributed by atoms with van der Waals surface area (Å²) in [6, 6.07) is 12.5. The van der Waals surface area contributed by atoms with Crippen LogP contribution < -0.4 is 5.32 Å². The van der Waals surface area contributed by atoms with Crippen molar-refractivity contribution in [2.45, 2.75) is 24.2 Å². The van der Waals surface area contributed by atoms with Crippen molar-refractivity contribution in [3.63, 3.8) is 0 Å². The summed E-state index contributed by atoms with van der Waals surface area (Å²) in [5.41, 5.74) is 3.56. The third kappa shape index (κ3) is 4.65. The molecule has 0 spiro atoms. The summed E-state index contributed by atoms with van der Waals surface area (Å²) in [4.78, 5) is 16.6. The number of nitrogens with zero attached hydrogens (tertiary/aromatic N) is 2. The van der Waals surface area contributed by atoms with E-state index in [1.165, 1.54) is 11.1 Å². The fraction of sp³-hybridized carbons (Fsp3) is 0.300. The van der Waals surface area contributed by atoms with Gasteiger partial charge in [0.25, 0.3) is 0 Å². The predicted octanol–water partition coefficient (Wildman–Crippen LogP) is 3.40. The van der Waals surface area contributed by atoms with Crippen LogP contribution in [0.1, 0.15) is 11.1 Å². The summed E-state index contributed by atoms with van der Waals surface area (Å²) >= 11 is 1.72. The topological polar surface area (TPSA) is 56.1 Å². The van der Waals surface area contributed by atoms with Crippen LogP contribution in [0.15, 0.2) is 53.8 Å². The highest BCUT2D eigenvalue weighted by molar-refractivity contribution is 7.98. The van der Waals surface area contributed by atoms with Crippen molar-refractivity contribution in [2.24, 2.45) is 0 Å². The van der Waals surface area contributed by atoms with Gasteiger partial charge in [-0.25, -0.2) is 4.98 Å². The molecule has 3 rings (SSSR count). The molecule has 3 aromatic rings. The van der Waals surface area contributed by atoms with E-state index in [-0.39, 0.29) is 5.91 Å². The lowest BCUT2D eigenvalue weighted by Crippen LogP contribution is -2.30. The summed E-state index contributed by atoms with van der Waals surface area (Å²) in [5, 5.41) is 4.91. The third-order valence-corrected chi connectivity index (χ3v) is 5.18. The summed E-state index contributed by atoms with van der Waals surface area (Å²) in [6.45, 7) is 3.42. The molecule has 0 saturated heterocycles. The number of benzene rings is 1. The van der Waals surface area contributed by atoms with Crippen LogP contribution in [0, 0.1) is 6.92 Å². The molecule has 6 heteroatoms. The zero-order valence-electron chi connectivity index (χ0n) is 15.1. The van der Waals surface area contributed by atoms with Crippen LogP contribution in [0.25, 0.3) is 10.9 Å². The number of pyridine rings is 1. The van der Waals surface area contributed by atoms with Crippen LogP contribution in [-0.2, 0) is 21.8 Å². The van der Waals surface area contributed by atoms with E-state index >= 15 is 0 Å². The molecule has 1 aromatic carbocycles. The van der Waals surface area contributed by atoms with Crippen molar-refractivity contribution in [3.8, 4) is 0 Å². The van der Waals surface area contributed by atoms with E-state index in [9.17, 15) is 4.79 Å². The Balaban J connectivity index is 1.69. The lowest BCUT2D eigenvalue weighted by Gasteiger charge is -2.08. The van der Waals surface area contributed by atoms with Crippen molar-refractivity contribution >= 4 is 28.6 Å². The van der Waals surface area contributed by atoms with Gasteiger partial charge < -0.3 is 14.6 Å². The van der Waals surface area contributed by atoms with Crippen LogP contribution in [0.2, 0.25) is 0 Å². The van der Waals surface area contributed by atoms with E-state index in [0.29, 0.717) is 19.7 Å². The molecule has 0 atom stereocenters. The number of ether oxygens (including phenoxy) is 1. The number of aromatic nitrogens is 2. The minimum Gasteiger partial charge on any atom is -0.383 e. The molecular weight excluding hydrogens is 346 g/mol. The van der Waals surface area contributed by atoms with E-state index in [2.05, 4.69) is 41.5 Å². The maximum atomic E-state index is 12.0. The largest absolute Gasteiger partial charge is 0.383 e. The van der Waals surface area contributed by atoms with Gasteiger partial charge in [-0.15, -0.1) is 11.8 Å². The molecule has 0 aliphatic heterocycles. The number of hydrogen-bond acceptors (Lipinski definition) is 4. The number of carbonyl (C=O) groups is 1. The number of thioether (sulfide) groups is 1. The SMILES string of the molecule is COCCNC(=O)Cn1ccc2c(SCc3ccc(C)cc3)nccc21. The molecule has 0 unspecified atom stereocenters.